The maximum atomic E-state index is 10.3. The summed E-state index contributed by atoms with van der Waals surface area (Å²) in [6, 6.07) is 0. The zero-order chi connectivity index (χ0) is 7.98. The van der Waals surface area contributed by atoms with Gasteiger partial charge in [0.15, 0.2) is 0 Å². The van der Waals surface area contributed by atoms with Gasteiger partial charge in [-0.3, -0.25) is 0 Å². The summed E-state index contributed by atoms with van der Waals surface area (Å²) in [5, 5.41) is 0. The Kier molecular flexibility index (Phi) is 4.72. The van der Waals surface area contributed by atoms with Gasteiger partial charge in [0.25, 0.3) is 0 Å². The highest BCUT2D eigenvalue weighted by Crippen LogP contribution is 1.99. The van der Waals surface area contributed by atoms with Crippen LogP contribution >= 0.6 is 0 Å². The highest BCUT2D eigenvalue weighted by molar-refractivity contribution is 5.59. The molecule has 0 N–H and O–H groups in total. The van der Waals surface area contributed by atoms with Crippen LogP contribution in [0.5, 0.6) is 0 Å². The molecule has 0 saturated heterocycles. The van der Waals surface area contributed by atoms with Crippen molar-refractivity contribution in [3.05, 3.63) is 7.11 Å². The third-order valence-corrected chi connectivity index (χ3v) is 1.03. The summed E-state index contributed by atoms with van der Waals surface area (Å²) in [4.78, 5) is 10.3. The predicted octanol–water partition coefficient (Wildman–Crippen LogP) is 1.98. The van der Waals surface area contributed by atoms with Gasteiger partial charge < -0.3 is 9.47 Å². The van der Waals surface area contributed by atoms with Crippen LogP contribution in [0.3, 0.4) is 0 Å². The molecule has 0 rings (SSSR count). The van der Waals surface area contributed by atoms with Gasteiger partial charge in [0, 0.05) is 0 Å². The van der Waals surface area contributed by atoms with Crippen LogP contribution in [0.2, 0.25) is 0 Å². The summed E-state index contributed by atoms with van der Waals surface area (Å²) in [5.74, 6) is 0.539. The zero-order valence-corrected chi connectivity index (χ0v) is 6.42. The molecule has 0 aliphatic rings. The molecule has 0 aliphatic heterocycles. The summed E-state index contributed by atoms with van der Waals surface area (Å²) in [6.07, 6.45) is 0.149. The summed E-state index contributed by atoms with van der Waals surface area (Å²) >= 11 is 0. The fourth-order valence-electron chi connectivity index (χ4n) is 0.420. The first-order valence-electron chi connectivity index (χ1n) is 3.25. The molecule has 10 heavy (non-hydrogen) atoms. The van der Waals surface area contributed by atoms with E-state index in [1.165, 1.54) is 0 Å². The van der Waals surface area contributed by atoms with Crippen molar-refractivity contribution in [3.8, 4) is 0 Å². The van der Waals surface area contributed by atoms with Crippen LogP contribution in [0.1, 0.15) is 20.3 Å². The Hall–Kier alpha value is -0.730. The van der Waals surface area contributed by atoms with Crippen LogP contribution in [0.25, 0.3) is 0 Å². The standard InChI is InChI=1S/C7H13O3/c1-6(2)4-5-10-7(8)9-3/h6H,3-5H2,1-2H3. The second-order valence-corrected chi connectivity index (χ2v) is 2.43. The molecule has 3 nitrogen and oxygen atoms in total. The lowest BCUT2D eigenvalue weighted by atomic mass is 10.1. The molecule has 0 atom stereocenters. The molecular formula is C7H13O3. The van der Waals surface area contributed by atoms with E-state index in [4.69, 9.17) is 0 Å². The van der Waals surface area contributed by atoms with Crippen molar-refractivity contribution in [3.63, 3.8) is 0 Å². The van der Waals surface area contributed by atoms with Crippen LogP contribution in [0.4, 0.5) is 4.79 Å². The molecule has 0 unspecified atom stereocenters. The molecule has 0 amide bonds. The van der Waals surface area contributed by atoms with Gasteiger partial charge in [0.05, 0.1) is 6.61 Å². The monoisotopic (exact) mass is 145 g/mol. The molecule has 0 aromatic carbocycles. The van der Waals surface area contributed by atoms with Crippen LogP contribution < -0.4 is 0 Å². The molecule has 0 aliphatic carbocycles. The van der Waals surface area contributed by atoms with Gasteiger partial charge in [-0.1, -0.05) is 13.8 Å². The van der Waals surface area contributed by atoms with Crippen LogP contribution in [-0.4, -0.2) is 12.8 Å². The third kappa shape index (κ3) is 5.41. The smallest absolute Gasteiger partial charge is 0.434 e. The van der Waals surface area contributed by atoms with E-state index in [0.717, 1.165) is 6.42 Å². The summed E-state index contributed by atoms with van der Waals surface area (Å²) in [5.41, 5.74) is 0. The average Bonchev–Trinajstić information content (AvgIpc) is 1.87. The van der Waals surface area contributed by atoms with E-state index in [2.05, 4.69) is 30.4 Å². The van der Waals surface area contributed by atoms with E-state index in [9.17, 15) is 4.79 Å². The third-order valence-electron chi connectivity index (χ3n) is 1.03. The van der Waals surface area contributed by atoms with E-state index < -0.39 is 6.16 Å². The number of hydrogen-bond donors (Lipinski definition) is 0. The van der Waals surface area contributed by atoms with Crippen molar-refractivity contribution in [1.29, 1.82) is 0 Å². The first kappa shape index (κ1) is 9.27. The van der Waals surface area contributed by atoms with Crippen LogP contribution in [-0.2, 0) is 9.47 Å². The Morgan fingerprint density at radius 1 is 1.60 bits per heavy atom. The van der Waals surface area contributed by atoms with Gasteiger partial charge in [0.1, 0.15) is 7.11 Å². The second-order valence-electron chi connectivity index (χ2n) is 2.43. The highest BCUT2D eigenvalue weighted by atomic mass is 16.7. The Morgan fingerprint density at radius 3 is 2.60 bits per heavy atom. The average molecular weight is 145 g/mol. The van der Waals surface area contributed by atoms with Gasteiger partial charge in [-0.2, -0.15) is 0 Å². The van der Waals surface area contributed by atoms with Crippen molar-refractivity contribution in [2.24, 2.45) is 5.92 Å². The van der Waals surface area contributed by atoms with Gasteiger partial charge in [-0.15, -0.1) is 0 Å². The topological polar surface area (TPSA) is 35.5 Å². The first-order valence-corrected chi connectivity index (χ1v) is 3.25. The van der Waals surface area contributed by atoms with E-state index in [-0.39, 0.29) is 0 Å². The van der Waals surface area contributed by atoms with Crippen molar-refractivity contribution in [2.45, 2.75) is 20.3 Å². The Morgan fingerprint density at radius 2 is 2.20 bits per heavy atom. The molecule has 0 bridgehead atoms. The maximum Gasteiger partial charge on any atom is 0.508 e. The normalized spacial score (nSPS) is 9.60. The molecule has 0 aromatic heterocycles. The van der Waals surface area contributed by atoms with E-state index in [1.807, 2.05) is 0 Å². The lowest BCUT2D eigenvalue weighted by Gasteiger charge is -2.03. The minimum atomic E-state index is -0.708. The molecule has 0 saturated carbocycles. The number of ether oxygens (including phenoxy) is 2. The van der Waals surface area contributed by atoms with Gasteiger partial charge in [0.2, 0.25) is 0 Å². The van der Waals surface area contributed by atoms with E-state index in [0.29, 0.717) is 12.5 Å². The molecule has 59 valence electrons. The lowest BCUT2D eigenvalue weighted by molar-refractivity contribution is 0.0792. The largest absolute Gasteiger partial charge is 0.508 e. The van der Waals surface area contributed by atoms with Crippen molar-refractivity contribution in [1.82, 2.24) is 0 Å². The molecule has 0 aromatic rings. The van der Waals surface area contributed by atoms with Gasteiger partial charge in [-0.05, 0) is 12.3 Å². The van der Waals surface area contributed by atoms with Crippen molar-refractivity contribution >= 4 is 6.16 Å². The van der Waals surface area contributed by atoms with Crippen molar-refractivity contribution in [2.75, 3.05) is 6.61 Å². The summed E-state index contributed by atoms with van der Waals surface area (Å²) in [7, 11) is 2.91. The fourth-order valence-corrected chi connectivity index (χ4v) is 0.420. The first-order chi connectivity index (χ1) is 4.66. The summed E-state index contributed by atoms with van der Waals surface area (Å²) in [6.45, 7) is 4.52. The number of carbonyl (C=O) groups excluding carboxylic acids is 1. The Balaban J connectivity index is 3.12. The highest BCUT2D eigenvalue weighted by Gasteiger charge is 2.00. The fraction of sp³-hybridized carbons (Fsp3) is 0.714. The maximum absolute atomic E-state index is 10.3. The SMILES string of the molecule is [CH2]OC(=O)OCCC(C)C. The number of hydrogen-bond acceptors (Lipinski definition) is 3. The molecule has 0 spiro atoms. The van der Waals surface area contributed by atoms with Crippen LogP contribution in [0, 0.1) is 13.0 Å². The number of carbonyl (C=O) groups is 1. The lowest BCUT2D eigenvalue weighted by Crippen LogP contribution is -2.06. The molecule has 3 heteroatoms. The molecular weight excluding hydrogens is 132 g/mol. The molecule has 0 fully saturated rings. The Bertz CT molecular complexity index is 99.0. The molecule has 0 heterocycles. The van der Waals surface area contributed by atoms with E-state index >= 15 is 0 Å². The van der Waals surface area contributed by atoms with Crippen molar-refractivity contribution < 1.29 is 14.3 Å². The van der Waals surface area contributed by atoms with Gasteiger partial charge in [-0.25, -0.2) is 4.79 Å². The molecule has 1 radical (unpaired) electrons. The van der Waals surface area contributed by atoms with Gasteiger partial charge >= 0.3 is 6.16 Å². The predicted molar refractivity (Wildman–Crippen MR) is 37.2 cm³/mol. The summed E-state index contributed by atoms with van der Waals surface area (Å²) < 4.78 is 8.60. The minimum Gasteiger partial charge on any atom is -0.434 e. The van der Waals surface area contributed by atoms with Crippen LogP contribution in [0.15, 0.2) is 0 Å². The second kappa shape index (κ2) is 5.09. The van der Waals surface area contributed by atoms with E-state index in [1.54, 1.807) is 0 Å². The number of rotatable bonds is 3. The Labute approximate surface area is 61.3 Å². The minimum absolute atomic E-state index is 0.409. The quantitative estimate of drug-likeness (QED) is 0.569. The zero-order valence-electron chi connectivity index (χ0n) is 6.42.